The average Bonchev–Trinajstić information content (AvgIpc) is 3.07. The van der Waals surface area contributed by atoms with E-state index in [-0.39, 0.29) is 12.7 Å². The molecule has 1 aromatic carbocycles. The maximum Gasteiger partial charge on any atom is 0.231 e. The van der Waals surface area contributed by atoms with Crippen LogP contribution < -0.4 is 14.8 Å². The van der Waals surface area contributed by atoms with Crippen molar-refractivity contribution in [1.29, 1.82) is 0 Å². The molecule has 3 rings (SSSR count). The van der Waals surface area contributed by atoms with Crippen LogP contribution in [0.3, 0.4) is 0 Å². The summed E-state index contributed by atoms with van der Waals surface area (Å²) in [5.74, 6) is 1.57. The van der Waals surface area contributed by atoms with Crippen molar-refractivity contribution < 1.29 is 14.3 Å². The van der Waals surface area contributed by atoms with Crippen molar-refractivity contribution in [2.75, 3.05) is 13.3 Å². The van der Waals surface area contributed by atoms with Crippen LogP contribution in [-0.4, -0.2) is 29.0 Å². The lowest BCUT2D eigenvalue weighted by atomic mass is 10.1. The van der Waals surface area contributed by atoms with Gasteiger partial charge in [0.2, 0.25) is 12.7 Å². The Balaban J connectivity index is 1.51. The summed E-state index contributed by atoms with van der Waals surface area (Å²) < 4.78 is 12.5. The number of aromatic nitrogens is 2. The van der Waals surface area contributed by atoms with E-state index >= 15 is 0 Å². The van der Waals surface area contributed by atoms with Crippen LogP contribution in [0.1, 0.15) is 22.5 Å². The van der Waals surface area contributed by atoms with Gasteiger partial charge in [0.1, 0.15) is 0 Å². The number of rotatable bonds is 5. The summed E-state index contributed by atoms with van der Waals surface area (Å²) in [6.07, 6.45) is 1.13. The van der Waals surface area contributed by atoms with E-state index < -0.39 is 0 Å². The molecule has 0 fully saturated rings. The molecule has 1 aliphatic rings. The third-order valence-corrected chi connectivity index (χ3v) is 4.17. The Morgan fingerprint density at radius 3 is 2.83 bits per heavy atom. The second-order valence-corrected chi connectivity index (χ2v) is 5.74. The van der Waals surface area contributed by atoms with Crippen molar-refractivity contribution in [3.8, 4) is 11.5 Å². The summed E-state index contributed by atoms with van der Waals surface area (Å²) in [7, 11) is 1.89. The fraction of sp³-hybridized carbons (Fsp3) is 0.412. The maximum absolute atomic E-state index is 12.1. The highest BCUT2D eigenvalue weighted by Gasteiger charge is 2.14. The molecule has 0 aliphatic carbocycles. The smallest absolute Gasteiger partial charge is 0.231 e. The highest BCUT2D eigenvalue weighted by atomic mass is 16.7. The number of benzene rings is 1. The second-order valence-electron chi connectivity index (χ2n) is 5.74. The molecule has 0 saturated heterocycles. The highest BCUT2D eigenvalue weighted by Crippen LogP contribution is 2.32. The Morgan fingerprint density at radius 2 is 2.09 bits per heavy atom. The van der Waals surface area contributed by atoms with E-state index in [2.05, 4.69) is 10.4 Å². The zero-order valence-electron chi connectivity index (χ0n) is 13.7. The minimum atomic E-state index is 0.0185. The lowest BCUT2D eigenvalue weighted by Crippen LogP contribution is -2.27. The van der Waals surface area contributed by atoms with E-state index in [0.29, 0.717) is 13.0 Å². The molecule has 0 atom stereocenters. The summed E-state index contributed by atoms with van der Waals surface area (Å²) in [4.78, 5) is 12.1. The number of aryl methyl sites for hydroxylation is 2. The normalized spacial score (nSPS) is 12.5. The first kappa shape index (κ1) is 15.4. The van der Waals surface area contributed by atoms with Crippen LogP contribution in [0.2, 0.25) is 0 Å². The third kappa shape index (κ3) is 3.31. The molecule has 23 heavy (non-hydrogen) atoms. The van der Waals surface area contributed by atoms with Crippen LogP contribution in [-0.2, 0) is 24.7 Å². The van der Waals surface area contributed by atoms with E-state index in [1.807, 2.05) is 43.8 Å². The molecule has 1 amide bonds. The molecule has 1 aromatic heterocycles. The number of hydrogen-bond acceptors (Lipinski definition) is 4. The fourth-order valence-corrected chi connectivity index (χ4v) is 2.74. The van der Waals surface area contributed by atoms with Gasteiger partial charge in [0.15, 0.2) is 11.5 Å². The van der Waals surface area contributed by atoms with Gasteiger partial charge in [-0.05, 0) is 38.0 Å². The molecule has 0 saturated carbocycles. The zero-order valence-corrected chi connectivity index (χ0v) is 13.7. The van der Waals surface area contributed by atoms with Crippen LogP contribution >= 0.6 is 0 Å². The van der Waals surface area contributed by atoms with Gasteiger partial charge in [-0.2, -0.15) is 5.10 Å². The predicted octanol–water partition coefficient (Wildman–Crippen LogP) is 1.67. The zero-order chi connectivity index (χ0) is 16.4. The van der Waals surface area contributed by atoms with Gasteiger partial charge in [-0.1, -0.05) is 6.07 Å². The SMILES string of the molecule is Cc1nn(C)c(C)c1CC(=O)NCCc1ccc2c(c1)OCO2. The van der Waals surface area contributed by atoms with Gasteiger partial charge in [-0.3, -0.25) is 9.48 Å². The predicted molar refractivity (Wildman–Crippen MR) is 85.7 cm³/mol. The molecular formula is C17H21N3O3. The van der Waals surface area contributed by atoms with Crippen molar-refractivity contribution in [2.45, 2.75) is 26.7 Å². The molecule has 122 valence electrons. The van der Waals surface area contributed by atoms with E-state index in [4.69, 9.17) is 9.47 Å². The van der Waals surface area contributed by atoms with Crippen molar-refractivity contribution in [1.82, 2.24) is 15.1 Å². The number of hydrogen-bond donors (Lipinski definition) is 1. The fourth-order valence-electron chi connectivity index (χ4n) is 2.74. The highest BCUT2D eigenvalue weighted by molar-refractivity contribution is 5.79. The van der Waals surface area contributed by atoms with Crippen molar-refractivity contribution in [3.05, 3.63) is 40.7 Å². The molecule has 1 aliphatic heterocycles. The number of carbonyl (C=O) groups excluding carboxylic acids is 1. The number of carbonyl (C=O) groups is 1. The van der Waals surface area contributed by atoms with Crippen LogP contribution in [0.25, 0.3) is 0 Å². The summed E-state index contributed by atoms with van der Waals surface area (Å²) in [5.41, 5.74) is 4.07. The first-order chi connectivity index (χ1) is 11.0. The number of nitrogens with zero attached hydrogens (tertiary/aromatic N) is 2. The maximum atomic E-state index is 12.1. The topological polar surface area (TPSA) is 65.4 Å². The number of amides is 1. The number of fused-ring (bicyclic) bond motifs is 1. The van der Waals surface area contributed by atoms with Gasteiger partial charge in [0, 0.05) is 24.8 Å². The summed E-state index contributed by atoms with van der Waals surface area (Å²) >= 11 is 0. The van der Waals surface area contributed by atoms with Crippen LogP contribution in [0.5, 0.6) is 11.5 Å². The summed E-state index contributed by atoms with van der Waals surface area (Å²) in [6.45, 7) is 4.79. The van der Waals surface area contributed by atoms with E-state index in [9.17, 15) is 4.79 Å². The van der Waals surface area contributed by atoms with Gasteiger partial charge < -0.3 is 14.8 Å². The first-order valence-electron chi connectivity index (χ1n) is 7.69. The molecule has 0 unspecified atom stereocenters. The van der Waals surface area contributed by atoms with Gasteiger partial charge in [-0.15, -0.1) is 0 Å². The van der Waals surface area contributed by atoms with Crippen LogP contribution in [0.15, 0.2) is 18.2 Å². The number of nitrogens with one attached hydrogen (secondary N) is 1. The van der Waals surface area contributed by atoms with Gasteiger partial charge in [0.05, 0.1) is 12.1 Å². The molecule has 6 heteroatoms. The van der Waals surface area contributed by atoms with Crippen molar-refractivity contribution in [2.24, 2.45) is 7.05 Å². The van der Waals surface area contributed by atoms with Crippen LogP contribution in [0, 0.1) is 13.8 Å². The van der Waals surface area contributed by atoms with Crippen molar-refractivity contribution in [3.63, 3.8) is 0 Å². The largest absolute Gasteiger partial charge is 0.454 e. The lowest BCUT2D eigenvalue weighted by molar-refractivity contribution is -0.120. The Labute approximate surface area is 135 Å². The first-order valence-corrected chi connectivity index (χ1v) is 7.69. The van der Waals surface area contributed by atoms with E-state index in [0.717, 1.165) is 40.4 Å². The standard InChI is InChI=1S/C17H21N3O3/c1-11-14(12(2)20(3)19-11)9-17(21)18-7-6-13-4-5-15-16(8-13)23-10-22-15/h4-5,8H,6-7,9-10H2,1-3H3,(H,18,21). The van der Waals surface area contributed by atoms with E-state index in [1.54, 1.807) is 0 Å². The van der Waals surface area contributed by atoms with Gasteiger partial charge >= 0.3 is 0 Å². The summed E-state index contributed by atoms with van der Waals surface area (Å²) in [5, 5.41) is 7.30. The number of ether oxygens (including phenoxy) is 2. The summed E-state index contributed by atoms with van der Waals surface area (Å²) in [6, 6.07) is 5.86. The molecule has 0 bridgehead atoms. The van der Waals surface area contributed by atoms with Crippen molar-refractivity contribution >= 4 is 5.91 Å². The van der Waals surface area contributed by atoms with Gasteiger partial charge in [-0.25, -0.2) is 0 Å². The molecule has 1 N–H and O–H groups in total. The monoisotopic (exact) mass is 315 g/mol. The second kappa shape index (κ2) is 6.32. The van der Waals surface area contributed by atoms with Gasteiger partial charge in [0.25, 0.3) is 0 Å². The molecule has 0 radical (unpaired) electrons. The average molecular weight is 315 g/mol. The lowest BCUT2D eigenvalue weighted by Gasteiger charge is -2.07. The Morgan fingerprint density at radius 1 is 1.30 bits per heavy atom. The molecule has 2 heterocycles. The quantitative estimate of drug-likeness (QED) is 0.911. The Hall–Kier alpha value is -2.50. The van der Waals surface area contributed by atoms with E-state index in [1.165, 1.54) is 0 Å². The minimum Gasteiger partial charge on any atom is -0.454 e. The molecule has 2 aromatic rings. The molecule has 0 spiro atoms. The Kier molecular flexibility index (Phi) is 4.23. The third-order valence-electron chi connectivity index (χ3n) is 4.17. The Bertz CT molecular complexity index is 737. The molecule has 6 nitrogen and oxygen atoms in total. The molecular weight excluding hydrogens is 294 g/mol. The minimum absolute atomic E-state index is 0.0185. The van der Waals surface area contributed by atoms with Crippen LogP contribution in [0.4, 0.5) is 0 Å².